The summed E-state index contributed by atoms with van der Waals surface area (Å²) in [4.78, 5) is 5.06. The SMILES string of the molecule is Cc1cc(CN)cnc1N(C)CC(F)(F)F. The first-order valence-corrected chi connectivity index (χ1v) is 4.77. The van der Waals surface area contributed by atoms with Gasteiger partial charge in [-0.05, 0) is 24.1 Å². The number of alkyl halides is 3. The van der Waals surface area contributed by atoms with Crippen LogP contribution in [0.3, 0.4) is 0 Å². The molecule has 0 aromatic carbocycles. The maximum atomic E-state index is 12.2. The van der Waals surface area contributed by atoms with Crippen LogP contribution in [-0.4, -0.2) is 24.8 Å². The molecular formula is C10H14F3N3. The van der Waals surface area contributed by atoms with E-state index < -0.39 is 12.7 Å². The lowest BCUT2D eigenvalue weighted by molar-refractivity contribution is -0.119. The standard InChI is InChI=1S/C10H14F3N3/c1-7-3-8(4-14)5-15-9(7)16(2)6-10(11,12)13/h3,5H,4,6,14H2,1-2H3. The van der Waals surface area contributed by atoms with Crippen molar-refractivity contribution in [1.82, 2.24) is 4.98 Å². The van der Waals surface area contributed by atoms with Crippen LogP contribution in [0.5, 0.6) is 0 Å². The van der Waals surface area contributed by atoms with Crippen molar-refractivity contribution in [1.29, 1.82) is 0 Å². The van der Waals surface area contributed by atoms with Gasteiger partial charge in [-0.1, -0.05) is 0 Å². The van der Waals surface area contributed by atoms with Gasteiger partial charge in [0.2, 0.25) is 0 Å². The van der Waals surface area contributed by atoms with Gasteiger partial charge in [-0.15, -0.1) is 0 Å². The minimum atomic E-state index is -4.23. The highest BCUT2D eigenvalue weighted by Gasteiger charge is 2.30. The van der Waals surface area contributed by atoms with Gasteiger partial charge < -0.3 is 10.6 Å². The van der Waals surface area contributed by atoms with Crippen molar-refractivity contribution >= 4 is 5.82 Å². The Bertz CT molecular complexity index is 363. The van der Waals surface area contributed by atoms with Gasteiger partial charge in [-0.2, -0.15) is 13.2 Å². The maximum Gasteiger partial charge on any atom is 0.405 e. The van der Waals surface area contributed by atoms with E-state index in [1.54, 1.807) is 13.0 Å². The summed E-state index contributed by atoms with van der Waals surface area (Å²) < 4.78 is 36.5. The fraction of sp³-hybridized carbons (Fsp3) is 0.500. The van der Waals surface area contributed by atoms with E-state index in [4.69, 9.17) is 5.73 Å². The van der Waals surface area contributed by atoms with Gasteiger partial charge in [-0.25, -0.2) is 4.98 Å². The normalized spacial score (nSPS) is 11.6. The van der Waals surface area contributed by atoms with Gasteiger partial charge in [0.05, 0.1) is 0 Å². The molecule has 0 aliphatic heterocycles. The molecule has 2 N–H and O–H groups in total. The molecule has 0 spiro atoms. The van der Waals surface area contributed by atoms with E-state index in [-0.39, 0.29) is 0 Å². The fourth-order valence-corrected chi connectivity index (χ4v) is 1.48. The topological polar surface area (TPSA) is 42.1 Å². The molecule has 0 aliphatic carbocycles. The van der Waals surface area contributed by atoms with E-state index in [1.807, 2.05) is 0 Å². The summed E-state index contributed by atoms with van der Waals surface area (Å²) in [5.41, 5.74) is 6.91. The van der Waals surface area contributed by atoms with Crippen molar-refractivity contribution in [2.75, 3.05) is 18.5 Å². The second-order valence-corrected chi connectivity index (χ2v) is 3.66. The Morgan fingerprint density at radius 2 is 2.06 bits per heavy atom. The Kier molecular flexibility index (Phi) is 3.74. The number of aromatic nitrogens is 1. The third-order valence-corrected chi connectivity index (χ3v) is 2.12. The highest BCUT2D eigenvalue weighted by Crippen LogP contribution is 2.22. The molecule has 1 rings (SSSR count). The predicted molar refractivity (Wildman–Crippen MR) is 56.2 cm³/mol. The summed E-state index contributed by atoms with van der Waals surface area (Å²) in [6.45, 7) is 1.04. The first kappa shape index (κ1) is 12.8. The van der Waals surface area contributed by atoms with E-state index in [9.17, 15) is 13.2 Å². The number of anilines is 1. The van der Waals surface area contributed by atoms with Gasteiger partial charge in [0.15, 0.2) is 0 Å². The van der Waals surface area contributed by atoms with Crippen LogP contribution in [0.25, 0.3) is 0 Å². The first-order chi connectivity index (χ1) is 7.33. The van der Waals surface area contributed by atoms with Crippen LogP contribution >= 0.6 is 0 Å². The zero-order valence-corrected chi connectivity index (χ0v) is 9.17. The van der Waals surface area contributed by atoms with Crippen LogP contribution < -0.4 is 10.6 Å². The molecule has 0 fully saturated rings. The lowest BCUT2D eigenvalue weighted by Gasteiger charge is -2.21. The third kappa shape index (κ3) is 3.37. The first-order valence-electron chi connectivity index (χ1n) is 4.77. The van der Waals surface area contributed by atoms with Crippen LogP contribution in [0.4, 0.5) is 19.0 Å². The van der Waals surface area contributed by atoms with Gasteiger partial charge in [0.25, 0.3) is 0 Å². The second kappa shape index (κ2) is 4.69. The lowest BCUT2D eigenvalue weighted by Crippen LogP contribution is -2.32. The number of nitrogens with two attached hydrogens (primary N) is 1. The molecule has 0 bridgehead atoms. The van der Waals surface area contributed by atoms with Gasteiger partial charge in [0.1, 0.15) is 12.4 Å². The summed E-state index contributed by atoms with van der Waals surface area (Å²) >= 11 is 0. The molecule has 3 nitrogen and oxygen atoms in total. The van der Waals surface area contributed by atoms with Crippen molar-refractivity contribution in [3.63, 3.8) is 0 Å². The number of pyridine rings is 1. The smallest absolute Gasteiger partial charge is 0.350 e. The fourth-order valence-electron chi connectivity index (χ4n) is 1.48. The Balaban J connectivity index is 2.88. The average Bonchev–Trinajstić information content (AvgIpc) is 2.14. The molecule has 1 aromatic heterocycles. The van der Waals surface area contributed by atoms with Crippen molar-refractivity contribution in [2.45, 2.75) is 19.6 Å². The third-order valence-electron chi connectivity index (χ3n) is 2.12. The van der Waals surface area contributed by atoms with E-state index in [0.717, 1.165) is 10.5 Å². The summed E-state index contributed by atoms with van der Waals surface area (Å²) in [6, 6.07) is 1.75. The van der Waals surface area contributed by atoms with Crippen LogP contribution in [0.15, 0.2) is 12.3 Å². The Hall–Kier alpha value is -1.30. The molecule has 6 heteroatoms. The number of hydrogen-bond donors (Lipinski definition) is 1. The van der Waals surface area contributed by atoms with Crippen LogP contribution in [0.2, 0.25) is 0 Å². The molecule has 1 heterocycles. The quantitative estimate of drug-likeness (QED) is 0.866. The van der Waals surface area contributed by atoms with Crippen LogP contribution in [0.1, 0.15) is 11.1 Å². The van der Waals surface area contributed by atoms with Crippen molar-refractivity contribution < 1.29 is 13.2 Å². The molecular weight excluding hydrogens is 219 g/mol. The summed E-state index contributed by atoms with van der Waals surface area (Å²) in [5, 5.41) is 0. The lowest BCUT2D eigenvalue weighted by atomic mass is 10.2. The average molecular weight is 233 g/mol. The van der Waals surface area contributed by atoms with Crippen LogP contribution in [-0.2, 0) is 6.54 Å². The maximum absolute atomic E-state index is 12.2. The zero-order valence-electron chi connectivity index (χ0n) is 9.17. The van der Waals surface area contributed by atoms with Crippen molar-refractivity contribution in [3.05, 3.63) is 23.4 Å². The summed E-state index contributed by atoms with van der Waals surface area (Å²) in [6.07, 6.45) is -2.73. The second-order valence-electron chi connectivity index (χ2n) is 3.66. The minimum Gasteiger partial charge on any atom is -0.350 e. The molecule has 16 heavy (non-hydrogen) atoms. The van der Waals surface area contributed by atoms with E-state index in [0.29, 0.717) is 17.9 Å². The number of rotatable bonds is 3. The van der Waals surface area contributed by atoms with E-state index in [1.165, 1.54) is 13.2 Å². The minimum absolute atomic E-state index is 0.328. The monoisotopic (exact) mass is 233 g/mol. The van der Waals surface area contributed by atoms with Crippen molar-refractivity contribution in [2.24, 2.45) is 5.73 Å². The largest absolute Gasteiger partial charge is 0.405 e. The number of hydrogen-bond acceptors (Lipinski definition) is 3. The van der Waals surface area contributed by atoms with Gasteiger partial charge in [0, 0.05) is 19.8 Å². The highest BCUT2D eigenvalue weighted by atomic mass is 19.4. The molecule has 0 amide bonds. The Labute approximate surface area is 92.1 Å². The Morgan fingerprint density at radius 1 is 1.44 bits per heavy atom. The molecule has 0 aliphatic rings. The summed E-state index contributed by atoms with van der Waals surface area (Å²) in [7, 11) is 1.37. The van der Waals surface area contributed by atoms with Crippen LogP contribution in [0, 0.1) is 6.92 Å². The number of aryl methyl sites for hydroxylation is 1. The van der Waals surface area contributed by atoms with Crippen molar-refractivity contribution in [3.8, 4) is 0 Å². The molecule has 1 aromatic rings. The molecule has 0 radical (unpaired) electrons. The van der Waals surface area contributed by atoms with Gasteiger partial charge >= 0.3 is 6.18 Å². The van der Waals surface area contributed by atoms with E-state index >= 15 is 0 Å². The highest BCUT2D eigenvalue weighted by molar-refractivity contribution is 5.46. The molecule has 0 unspecified atom stereocenters. The number of nitrogens with zero attached hydrogens (tertiary/aromatic N) is 2. The Morgan fingerprint density at radius 3 is 2.50 bits per heavy atom. The molecule has 0 saturated carbocycles. The summed E-state index contributed by atoms with van der Waals surface area (Å²) in [5.74, 6) is 0.328. The zero-order chi connectivity index (χ0) is 12.3. The molecule has 90 valence electrons. The molecule has 0 saturated heterocycles. The molecule has 0 atom stereocenters. The van der Waals surface area contributed by atoms with Gasteiger partial charge in [-0.3, -0.25) is 0 Å². The number of halogens is 3. The predicted octanol–water partition coefficient (Wildman–Crippen LogP) is 1.85. The van der Waals surface area contributed by atoms with E-state index in [2.05, 4.69) is 4.98 Å².